The lowest BCUT2D eigenvalue weighted by molar-refractivity contribution is 0.296. The molecule has 2 unspecified atom stereocenters. The Bertz CT molecular complexity index is 637. The van der Waals surface area contributed by atoms with E-state index in [9.17, 15) is 0 Å². The molecule has 112 valence electrons. The zero-order chi connectivity index (χ0) is 14.2. The Labute approximate surface area is 125 Å². The van der Waals surface area contributed by atoms with Crippen LogP contribution in [0.25, 0.3) is 11.0 Å². The number of methoxy groups -OCH3 is 1. The molecule has 1 N–H and O–H groups in total. The zero-order valence-electron chi connectivity index (χ0n) is 12.5. The number of ether oxygens (including phenoxy) is 1. The minimum Gasteiger partial charge on any atom is -0.493 e. The third-order valence-corrected chi connectivity index (χ3v) is 4.92. The van der Waals surface area contributed by atoms with Crippen LogP contribution in [0, 0.1) is 0 Å². The van der Waals surface area contributed by atoms with Crippen LogP contribution in [0.1, 0.15) is 25.0 Å². The van der Waals surface area contributed by atoms with E-state index in [1.807, 2.05) is 12.1 Å². The topological polar surface area (TPSA) is 37.6 Å². The third-order valence-electron chi connectivity index (χ3n) is 4.92. The maximum absolute atomic E-state index is 5.96. The molecule has 4 heteroatoms. The molecular weight excluding hydrogens is 264 g/mol. The SMILES string of the molecule is COc1cccc2cc(CNC3CCN4CCCC34)oc12. The van der Waals surface area contributed by atoms with Gasteiger partial charge in [-0.2, -0.15) is 0 Å². The number of hydrogen-bond acceptors (Lipinski definition) is 4. The van der Waals surface area contributed by atoms with Crippen molar-refractivity contribution in [3.8, 4) is 5.75 Å². The lowest BCUT2D eigenvalue weighted by atomic mass is 10.1. The average Bonchev–Trinajstić information content (AvgIpc) is 3.19. The van der Waals surface area contributed by atoms with E-state index in [4.69, 9.17) is 9.15 Å². The summed E-state index contributed by atoms with van der Waals surface area (Å²) < 4.78 is 11.3. The molecule has 4 nitrogen and oxygen atoms in total. The first kappa shape index (κ1) is 13.2. The fourth-order valence-corrected chi connectivity index (χ4v) is 3.89. The molecule has 2 fully saturated rings. The minimum absolute atomic E-state index is 0.614. The van der Waals surface area contributed by atoms with Crippen LogP contribution < -0.4 is 10.1 Å². The van der Waals surface area contributed by atoms with Crippen LogP contribution in [0.15, 0.2) is 28.7 Å². The van der Waals surface area contributed by atoms with E-state index < -0.39 is 0 Å². The Morgan fingerprint density at radius 1 is 1.33 bits per heavy atom. The fourth-order valence-electron chi connectivity index (χ4n) is 3.89. The highest BCUT2D eigenvalue weighted by Gasteiger charge is 2.36. The third kappa shape index (κ3) is 2.32. The molecule has 2 aliphatic rings. The van der Waals surface area contributed by atoms with Crippen molar-refractivity contribution in [1.82, 2.24) is 10.2 Å². The van der Waals surface area contributed by atoms with Gasteiger partial charge in [-0.3, -0.25) is 4.90 Å². The standard InChI is InChI=1S/C17H22N2O2/c1-20-16-6-2-4-12-10-13(21-17(12)16)11-18-14-7-9-19-8-3-5-15(14)19/h2,4,6,10,14-15,18H,3,5,7-9,11H2,1H3. The molecule has 0 aliphatic carbocycles. The molecule has 0 spiro atoms. The number of furan rings is 1. The van der Waals surface area contributed by atoms with Crippen molar-refractivity contribution in [1.29, 1.82) is 0 Å². The van der Waals surface area contributed by atoms with Crippen molar-refractivity contribution < 1.29 is 9.15 Å². The van der Waals surface area contributed by atoms with Gasteiger partial charge >= 0.3 is 0 Å². The molecule has 0 bridgehead atoms. The summed E-state index contributed by atoms with van der Waals surface area (Å²) in [7, 11) is 1.68. The van der Waals surface area contributed by atoms with Crippen LogP contribution in [0.3, 0.4) is 0 Å². The van der Waals surface area contributed by atoms with Crippen LogP contribution in [-0.4, -0.2) is 37.2 Å². The number of nitrogens with one attached hydrogen (secondary N) is 1. The summed E-state index contributed by atoms with van der Waals surface area (Å²) in [6.07, 6.45) is 3.95. The second-order valence-corrected chi connectivity index (χ2v) is 6.11. The number of benzene rings is 1. The lowest BCUT2D eigenvalue weighted by Crippen LogP contribution is -2.38. The predicted molar refractivity (Wildman–Crippen MR) is 82.6 cm³/mol. The Hall–Kier alpha value is -1.52. The minimum atomic E-state index is 0.614. The lowest BCUT2D eigenvalue weighted by Gasteiger charge is -2.20. The smallest absolute Gasteiger partial charge is 0.176 e. The molecule has 0 saturated carbocycles. The van der Waals surface area contributed by atoms with Crippen molar-refractivity contribution >= 4 is 11.0 Å². The first-order valence-corrected chi connectivity index (χ1v) is 7.88. The summed E-state index contributed by atoms with van der Waals surface area (Å²) in [4.78, 5) is 2.62. The van der Waals surface area contributed by atoms with Gasteiger partial charge < -0.3 is 14.5 Å². The van der Waals surface area contributed by atoms with Crippen molar-refractivity contribution in [3.05, 3.63) is 30.0 Å². The van der Waals surface area contributed by atoms with Gasteiger partial charge in [-0.25, -0.2) is 0 Å². The largest absolute Gasteiger partial charge is 0.493 e. The molecule has 0 radical (unpaired) electrons. The number of para-hydroxylation sites is 1. The van der Waals surface area contributed by atoms with Crippen LogP contribution in [0.4, 0.5) is 0 Å². The molecule has 2 aromatic rings. The number of rotatable bonds is 4. The second-order valence-electron chi connectivity index (χ2n) is 6.11. The number of hydrogen-bond donors (Lipinski definition) is 1. The van der Waals surface area contributed by atoms with Gasteiger partial charge in [-0.1, -0.05) is 12.1 Å². The molecule has 2 aliphatic heterocycles. The Morgan fingerprint density at radius 3 is 3.19 bits per heavy atom. The van der Waals surface area contributed by atoms with Gasteiger partial charge in [0.1, 0.15) is 5.76 Å². The van der Waals surface area contributed by atoms with Crippen molar-refractivity contribution in [2.24, 2.45) is 0 Å². The summed E-state index contributed by atoms with van der Waals surface area (Å²) in [5, 5.41) is 4.80. The summed E-state index contributed by atoms with van der Waals surface area (Å²) in [5.41, 5.74) is 0.853. The van der Waals surface area contributed by atoms with E-state index in [-0.39, 0.29) is 0 Å². The molecule has 1 aromatic carbocycles. The summed E-state index contributed by atoms with van der Waals surface area (Å²) in [6, 6.07) is 9.48. The molecule has 1 aromatic heterocycles. The van der Waals surface area contributed by atoms with Crippen molar-refractivity contribution in [2.75, 3.05) is 20.2 Å². The normalized spacial score (nSPS) is 25.6. The van der Waals surface area contributed by atoms with Gasteiger partial charge in [0.15, 0.2) is 11.3 Å². The monoisotopic (exact) mass is 286 g/mol. The van der Waals surface area contributed by atoms with E-state index in [0.717, 1.165) is 35.1 Å². The predicted octanol–water partition coefficient (Wildman–Crippen LogP) is 2.77. The number of fused-ring (bicyclic) bond motifs is 2. The summed E-state index contributed by atoms with van der Waals surface area (Å²) in [6.45, 7) is 3.33. The average molecular weight is 286 g/mol. The van der Waals surface area contributed by atoms with Gasteiger partial charge in [0.2, 0.25) is 0 Å². The zero-order valence-corrected chi connectivity index (χ0v) is 12.5. The second kappa shape index (κ2) is 5.35. The summed E-state index contributed by atoms with van der Waals surface area (Å²) in [5.74, 6) is 1.80. The summed E-state index contributed by atoms with van der Waals surface area (Å²) >= 11 is 0. The van der Waals surface area contributed by atoms with Crippen molar-refractivity contribution in [2.45, 2.75) is 37.9 Å². The molecule has 2 saturated heterocycles. The molecule has 21 heavy (non-hydrogen) atoms. The van der Waals surface area contributed by atoms with E-state index in [0.29, 0.717) is 6.04 Å². The van der Waals surface area contributed by atoms with E-state index >= 15 is 0 Å². The Balaban J connectivity index is 1.47. The van der Waals surface area contributed by atoms with Gasteiger partial charge in [0.05, 0.1) is 13.7 Å². The molecule has 4 rings (SSSR count). The molecular formula is C17H22N2O2. The maximum Gasteiger partial charge on any atom is 0.176 e. The Morgan fingerprint density at radius 2 is 2.29 bits per heavy atom. The highest BCUT2D eigenvalue weighted by molar-refractivity contribution is 5.83. The van der Waals surface area contributed by atoms with E-state index in [2.05, 4.69) is 22.3 Å². The van der Waals surface area contributed by atoms with Crippen LogP contribution in [0.5, 0.6) is 5.75 Å². The Kier molecular flexibility index (Phi) is 3.36. The maximum atomic E-state index is 5.96. The fraction of sp³-hybridized carbons (Fsp3) is 0.529. The van der Waals surface area contributed by atoms with Crippen LogP contribution in [-0.2, 0) is 6.54 Å². The van der Waals surface area contributed by atoms with Crippen LogP contribution >= 0.6 is 0 Å². The van der Waals surface area contributed by atoms with Gasteiger partial charge in [-0.15, -0.1) is 0 Å². The highest BCUT2D eigenvalue weighted by atomic mass is 16.5. The van der Waals surface area contributed by atoms with Gasteiger partial charge in [0.25, 0.3) is 0 Å². The molecule has 0 amide bonds. The first-order chi connectivity index (χ1) is 10.3. The van der Waals surface area contributed by atoms with E-state index in [1.165, 1.54) is 32.4 Å². The van der Waals surface area contributed by atoms with Crippen molar-refractivity contribution in [3.63, 3.8) is 0 Å². The van der Waals surface area contributed by atoms with Crippen LogP contribution in [0.2, 0.25) is 0 Å². The quantitative estimate of drug-likeness (QED) is 0.938. The number of nitrogens with zero attached hydrogens (tertiary/aromatic N) is 1. The van der Waals surface area contributed by atoms with Gasteiger partial charge in [-0.05, 0) is 37.9 Å². The molecule has 3 heterocycles. The van der Waals surface area contributed by atoms with E-state index in [1.54, 1.807) is 7.11 Å². The van der Waals surface area contributed by atoms with Gasteiger partial charge in [0, 0.05) is 24.0 Å². The molecule has 2 atom stereocenters. The highest BCUT2D eigenvalue weighted by Crippen LogP contribution is 2.30. The first-order valence-electron chi connectivity index (χ1n) is 7.88.